The van der Waals surface area contributed by atoms with E-state index >= 15 is 0 Å². The lowest BCUT2D eigenvalue weighted by Crippen LogP contribution is -2.59. The van der Waals surface area contributed by atoms with Crippen molar-refractivity contribution in [1.82, 2.24) is 20.8 Å². The molecule has 0 atom stereocenters. The van der Waals surface area contributed by atoms with Gasteiger partial charge in [0, 0.05) is 73.2 Å². The zero-order chi connectivity index (χ0) is 33.6. The molecule has 1 aliphatic heterocycles. The summed E-state index contributed by atoms with van der Waals surface area (Å²) < 4.78 is 12.9. The van der Waals surface area contributed by atoms with E-state index in [2.05, 4.69) is 89.7 Å². The van der Waals surface area contributed by atoms with Gasteiger partial charge in [-0.2, -0.15) is 0 Å². The standard InChI is InChI=1S/C38H56N6O3/c1-7-13-23-43(24-14-8-2)29-17-19-31(33(27-29)46-11-5)38(36-35(37(45)41-42-38)39-21-22-40-36)32-20-18-30(28-34(32)47-12-6)44(25-15-9-3)26-16-10-4/h17-22,27-28,42H,7-16,23-26H2,1-6H3,(H,41,45). The molecular formula is C38H56N6O3. The van der Waals surface area contributed by atoms with Gasteiger partial charge in [-0.1, -0.05) is 65.5 Å². The minimum atomic E-state index is -1.14. The van der Waals surface area contributed by atoms with Crippen LogP contribution in [0.3, 0.4) is 0 Å². The summed E-state index contributed by atoms with van der Waals surface area (Å²) in [6.07, 6.45) is 12.2. The van der Waals surface area contributed by atoms with Crippen LogP contribution in [0.25, 0.3) is 0 Å². The highest BCUT2D eigenvalue weighted by atomic mass is 16.5. The molecule has 0 unspecified atom stereocenters. The Morgan fingerprint density at radius 3 is 1.53 bits per heavy atom. The molecule has 47 heavy (non-hydrogen) atoms. The van der Waals surface area contributed by atoms with Gasteiger partial charge in [-0.15, -0.1) is 0 Å². The number of benzene rings is 2. The number of nitrogens with zero attached hydrogens (tertiary/aromatic N) is 4. The number of rotatable bonds is 20. The number of hydrogen-bond donors (Lipinski definition) is 2. The second-order valence-corrected chi connectivity index (χ2v) is 12.2. The quantitative estimate of drug-likeness (QED) is 0.130. The summed E-state index contributed by atoms with van der Waals surface area (Å²) in [4.78, 5) is 27.5. The molecule has 4 rings (SSSR count). The van der Waals surface area contributed by atoms with E-state index in [1.807, 2.05) is 13.8 Å². The lowest BCUT2D eigenvalue weighted by molar-refractivity contribution is 0.0885. The predicted octanol–water partition coefficient (Wildman–Crippen LogP) is 7.63. The summed E-state index contributed by atoms with van der Waals surface area (Å²) >= 11 is 0. The van der Waals surface area contributed by atoms with Crippen molar-refractivity contribution in [2.24, 2.45) is 0 Å². The van der Waals surface area contributed by atoms with E-state index in [4.69, 9.17) is 14.5 Å². The average molecular weight is 645 g/mol. The molecule has 0 saturated heterocycles. The van der Waals surface area contributed by atoms with Crippen molar-refractivity contribution in [2.45, 2.75) is 98.4 Å². The molecule has 3 aromatic rings. The topological polar surface area (TPSA) is 91.9 Å². The van der Waals surface area contributed by atoms with Crippen molar-refractivity contribution in [3.63, 3.8) is 0 Å². The molecular weight excluding hydrogens is 588 g/mol. The number of amides is 1. The SMILES string of the molecule is CCCCN(CCCC)c1ccc(C2(c3ccc(N(CCCC)CCCC)cc3OCC)NNC(=O)c3nccnc32)c(OCC)c1. The lowest BCUT2D eigenvalue weighted by Gasteiger charge is -2.41. The molecule has 2 N–H and O–H groups in total. The molecule has 1 amide bonds. The largest absolute Gasteiger partial charge is 0.493 e. The summed E-state index contributed by atoms with van der Waals surface area (Å²) in [6.45, 7) is 17.8. The number of hydrogen-bond acceptors (Lipinski definition) is 8. The second-order valence-electron chi connectivity index (χ2n) is 12.2. The van der Waals surface area contributed by atoms with Gasteiger partial charge in [-0.05, 0) is 51.7 Å². The Kier molecular flexibility index (Phi) is 13.7. The van der Waals surface area contributed by atoms with Crippen molar-refractivity contribution in [3.8, 4) is 11.5 Å². The predicted molar refractivity (Wildman–Crippen MR) is 192 cm³/mol. The van der Waals surface area contributed by atoms with Crippen LogP contribution in [0.4, 0.5) is 11.4 Å². The van der Waals surface area contributed by atoms with Gasteiger partial charge in [-0.25, -0.2) is 10.4 Å². The number of nitrogens with one attached hydrogen (secondary N) is 2. The monoisotopic (exact) mass is 644 g/mol. The van der Waals surface area contributed by atoms with Crippen molar-refractivity contribution in [3.05, 3.63) is 71.3 Å². The fraction of sp³-hybridized carbons (Fsp3) is 0.553. The van der Waals surface area contributed by atoms with Gasteiger partial charge in [0.1, 0.15) is 22.7 Å². The van der Waals surface area contributed by atoms with Crippen molar-refractivity contribution < 1.29 is 14.3 Å². The van der Waals surface area contributed by atoms with Crippen molar-refractivity contribution in [2.75, 3.05) is 49.2 Å². The Bertz CT molecular complexity index is 1340. The van der Waals surface area contributed by atoms with Gasteiger partial charge in [-0.3, -0.25) is 15.2 Å². The molecule has 2 heterocycles. The second kappa shape index (κ2) is 17.9. The van der Waals surface area contributed by atoms with Gasteiger partial charge in [0.2, 0.25) is 0 Å². The first-order chi connectivity index (χ1) is 23.0. The van der Waals surface area contributed by atoms with Crippen LogP contribution in [-0.4, -0.2) is 55.3 Å². The van der Waals surface area contributed by atoms with E-state index in [1.54, 1.807) is 12.4 Å². The zero-order valence-corrected chi connectivity index (χ0v) is 29.5. The van der Waals surface area contributed by atoms with Crippen LogP contribution in [-0.2, 0) is 5.54 Å². The van der Waals surface area contributed by atoms with Crippen LogP contribution in [0.2, 0.25) is 0 Å². The first kappa shape index (κ1) is 36.0. The lowest BCUT2D eigenvalue weighted by atomic mass is 9.77. The van der Waals surface area contributed by atoms with Crippen molar-refractivity contribution in [1.29, 1.82) is 0 Å². The average Bonchev–Trinajstić information content (AvgIpc) is 3.09. The molecule has 256 valence electrons. The maximum absolute atomic E-state index is 13.2. The van der Waals surface area contributed by atoms with Crippen LogP contribution < -0.4 is 30.1 Å². The Balaban J connectivity index is 1.97. The summed E-state index contributed by atoms with van der Waals surface area (Å²) in [5.74, 6) is 1.12. The highest BCUT2D eigenvalue weighted by molar-refractivity contribution is 5.95. The molecule has 0 spiro atoms. The van der Waals surface area contributed by atoms with Gasteiger partial charge in [0.25, 0.3) is 5.91 Å². The number of ether oxygens (including phenoxy) is 2. The minimum absolute atomic E-state index is 0.268. The van der Waals surface area contributed by atoms with Crippen LogP contribution >= 0.6 is 0 Å². The van der Waals surface area contributed by atoms with E-state index in [0.29, 0.717) is 18.9 Å². The zero-order valence-electron chi connectivity index (χ0n) is 29.5. The number of unbranched alkanes of at least 4 members (excludes halogenated alkanes) is 4. The fourth-order valence-electron chi connectivity index (χ4n) is 6.30. The van der Waals surface area contributed by atoms with Crippen molar-refractivity contribution >= 4 is 17.3 Å². The number of carbonyl (C=O) groups excluding carboxylic acids is 1. The first-order valence-electron chi connectivity index (χ1n) is 17.9. The maximum atomic E-state index is 13.2. The van der Waals surface area contributed by atoms with E-state index < -0.39 is 5.54 Å². The first-order valence-corrected chi connectivity index (χ1v) is 17.9. The molecule has 9 nitrogen and oxygen atoms in total. The van der Waals surface area contributed by atoms with E-state index in [9.17, 15) is 4.79 Å². The van der Waals surface area contributed by atoms with E-state index in [1.165, 1.54) is 0 Å². The van der Waals surface area contributed by atoms with Crippen LogP contribution in [0.15, 0.2) is 48.8 Å². The molecule has 2 aromatic carbocycles. The van der Waals surface area contributed by atoms with Gasteiger partial charge >= 0.3 is 0 Å². The maximum Gasteiger partial charge on any atom is 0.286 e. The van der Waals surface area contributed by atoms with E-state index in [0.717, 1.165) is 112 Å². The molecule has 0 aliphatic carbocycles. The molecule has 0 saturated carbocycles. The van der Waals surface area contributed by atoms with Gasteiger partial charge in [0.15, 0.2) is 5.69 Å². The highest BCUT2D eigenvalue weighted by Crippen LogP contribution is 2.47. The summed E-state index contributed by atoms with van der Waals surface area (Å²) in [5, 5.41) is 0. The van der Waals surface area contributed by atoms with Crippen LogP contribution in [0, 0.1) is 0 Å². The van der Waals surface area contributed by atoms with Gasteiger partial charge < -0.3 is 19.3 Å². The number of anilines is 2. The van der Waals surface area contributed by atoms with Gasteiger partial charge in [0.05, 0.1) is 13.2 Å². The third kappa shape index (κ3) is 8.18. The Morgan fingerprint density at radius 2 is 1.11 bits per heavy atom. The Hall–Kier alpha value is -3.85. The number of hydrazine groups is 1. The normalized spacial score (nSPS) is 13.5. The molecule has 0 fully saturated rings. The number of carbonyl (C=O) groups is 1. The molecule has 0 radical (unpaired) electrons. The molecule has 1 aliphatic rings. The third-order valence-corrected chi connectivity index (χ3v) is 8.83. The molecule has 9 heteroatoms. The number of fused-ring (bicyclic) bond motifs is 1. The minimum Gasteiger partial charge on any atom is -0.493 e. The summed E-state index contributed by atoms with van der Waals surface area (Å²) in [7, 11) is 0. The van der Waals surface area contributed by atoms with Crippen LogP contribution in [0.1, 0.15) is 120 Å². The van der Waals surface area contributed by atoms with E-state index in [-0.39, 0.29) is 11.6 Å². The number of aromatic nitrogens is 2. The smallest absolute Gasteiger partial charge is 0.286 e. The molecule has 0 bridgehead atoms. The third-order valence-electron chi connectivity index (χ3n) is 8.83. The Morgan fingerprint density at radius 1 is 0.660 bits per heavy atom. The highest BCUT2D eigenvalue weighted by Gasteiger charge is 2.48. The fourth-order valence-corrected chi connectivity index (χ4v) is 6.30. The Labute approximate surface area is 282 Å². The summed E-state index contributed by atoms with van der Waals surface area (Å²) in [6, 6.07) is 12.9. The van der Waals surface area contributed by atoms with Crippen LogP contribution in [0.5, 0.6) is 11.5 Å². The summed E-state index contributed by atoms with van der Waals surface area (Å²) in [5.41, 5.74) is 9.88. The molecule has 1 aromatic heterocycles.